The highest BCUT2D eigenvalue weighted by Crippen LogP contribution is 2.42. The summed E-state index contributed by atoms with van der Waals surface area (Å²) in [6.45, 7) is 1.78. The number of anilines is 2. The molecule has 186 valence electrons. The van der Waals surface area contributed by atoms with Crippen molar-refractivity contribution in [3.8, 4) is 11.8 Å². The molecule has 8 heteroatoms. The van der Waals surface area contributed by atoms with Gasteiger partial charge in [0.1, 0.15) is 10.8 Å². The standard InChI is InChI=1S/C29H26N4O3S/c1-19-26(28(35)33-22-13-15-23(36-2)16-14-22)27(20-9-5-3-6-10-20)24(17-30)29(31-19)37-18-25(34)32-21-11-7-4-8-12-21/h3-16,26-27H,18H2,1-2H3,(H,32,34)(H,33,35)/t26?,27-/m0/s1. The molecule has 0 aromatic heterocycles. The fourth-order valence-corrected chi connectivity index (χ4v) is 5.04. The lowest BCUT2D eigenvalue weighted by Crippen LogP contribution is -2.36. The van der Waals surface area contributed by atoms with Gasteiger partial charge in [0.2, 0.25) is 11.8 Å². The summed E-state index contributed by atoms with van der Waals surface area (Å²) in [7, 11) is 1.58. The highest BCUT2D eigenvalue weighted by molar-refractivity contribution is 8.03. The van der Waals surface area contributed by atoms with Crippen molar-refractivity contribution in [2.24, 2.45) is 10.9 Å². The van der Waals surface area contributed by atoms with Gasteiger partial charge in [-0.25, -0.2) is 4.99 Å². The Kier molecular flexibility index (Phi) is 8.39. The van der Waals surface area contributed by atoms with E-state index in [9.17, 15) is 14.9 Å². The highest BCUT2D eigenvalue weighted by Gasteiger charge is 2.39. The summed E-state index contributed by atoms with van der Waals surface area (Å²) < 4.78 is 5.19. The number of nitrogens with zero attached hydrogens (tertiary/aromatic N) is 2. The van der Waals surface area contributed by atoms with Crippen LogP contribution in [0.5, 0.6) is 5.75 Å². The molecule has 2 N–H and O–H groups in total. The molecule has 0 spiro atoms. The zero-order valence-corrected chi connectivity index (χ0v) is 21.3. The average molecular weight is 511 g/mol. The van der Waals surface area contributed by atoms with Crippen molar-refractivity contribution in [1.82, 2.24) is 0 Å². The first kappa shape index (κ1) is 25.7. The Morgan fingerprint density at radius 1 is 0.946 bits per heavy atom. The van der Waals surface area contributed by atoms with Crippen LogP contribution in [-0.4, -0.2) is 30.4 Å². The minimum atomic E-state index is -0.693. The van der Waals surface area contributed by atoms with Crippen LogP contribution >= 0.6 is 11.8 Å². The maximum absolute atomic E-state index is 13.5. The van der Waals surface area contributed by atoms with Gasteiger partial charge in [0.15, 0.2) is 0 Å². The fraction of sp³-hybridized carbons (Fsp3) is 0.172. The van der Waals surface area contributed by atoms with E-state index in [0.717, 1.165) is 5.56 Å². The molecule has 0 aliphatic carbocycles. The molecule has 7 nitrogen and oxygen atoms in total. The lowest BCUT2D eigenvalue weighted by Gasteiger charge is -2.31. The molecule has 2 amide bonds. The summed E-state index contributed by atoms with van der Waals surface area (Å²) >= 11 is 1.19. The molecule has 0 saturated carbocycles. The minimum absolute atomic E-state index is 0.0798. The van der Waals surface area contributed by atoms with Crippen LogP contribution < -0.4 is 15.4 Å². The van der Waals surface area contributed by atoms with E-state index in [1.54, 1.807) is 38.3 Å². The Labute approximate surface area is 220 Å². The number of aliphatic imine (C=N–C) groups is 1. The van der Waals surface area contributed by atoms with Crippen LogP contribution in [0, 0.1) is 17.2 Å². The number of allylic oxidation sites excluding steroid dienone is 1. The second-order valence-corrected chi connectivity index (χ2v) is 9.33. The predicted molar refractivity (Wildman–Crippen MR) is 148 cm³/mol. The Morgan fingerprint density at radius 2 is 1.57 bits per heavy atom. The van der Waals surface area contributed by atoms with Gasteiger partial charge in [-0.1, -0.05) is 60.3 Å². The third-order valence-corrected chi connectivity index (χ3v) is 6.91. The topological polar surface area (TPSA) is 104 Å². The van der Waals surface area contributed by atoms with Crippen LogP contribution in [0.2, 0.25) is 0 Å². The number of para-hydroxylation sites is 1. The lowest BCUT2D eigenvalue weighted by molar-refractivity contribution is -0.118. The largest absolute Gasteiger partial charge is 0.497 e. The quantitative estimate of drug-likeness (QED) is 0.410. The van der Waals surface area contributed by atoms with Gasteiger partial charge in [-0.05, 0) is 48.9 Å². The molecular weight excluding hydrogens is 484 g/mol. The van der Waals surface area contributed by atoms with E-state index in [1.807, 2.05) is 60.7 Å². The molecular formula is C29H26N4O3S. The molecule has 4 rings (SSSR count). The van der Waals surface area contributed by atoms with Crippen molar-refractivity contribution in [1.29, 1.82) is 5.26 Å². The number of benzene rings is 3. The molecule has 3 aromatic carbocycles. The van der Waals surface area contributed by atoms with Crippen LogP contribution in [0.1, 0.15) is 18.4 Å². The summed E-state index contributed by atoms with van der Waals surface area (Å²) in [4.78, 5) is 30.7. The number of rotatable bonds is 8. The maximum atomic E-state index is 13.5. The van der Waals surface area contributed by atoms with Crippen LogP contribution in [0.3, 0.4) is 0 Å². The molecule has 3 aromatic rings. The number of thioether (sulfide) groups is 1. The van der Waals surface area contributed by atoms with Gasteiger partial charge in [0.05, 0.1) is 30.4 Å². The van der Waals surface area contributed by atoms with Gasteiger partial charge in [-0.3, -0.25) is 9.59 Å². The Hall–Kier alpha value is -4.35. The molecule has 0 saturated heterocycles. The summed E-state index contributed by atoms with van der Waals surface area (Å²) in [5, 5.41) is 16.4. The number of hydrogen-bond acceptors (Lipinski definition) is 6. The smallest absolute Gasteiger partial charge is 0.234 e. The van der Waals surface area contributed by atoms with E-state index >= 15 is 0 Å². The molecule has 1 heterocycles. The van der Waals surface area contributed by atoms with Crippen molar-refractivity contribution in [3.63, 3.8) is 0 Å². The summed E-state index contributed by atoms with van der Waals surface area (Å²) in [6, 6.07) is 28.0. The lowest BCUT2D eigenvalue weighted by atomic mass is 9.77. The van der Waals surface area contributed by atoms with Gasteiger partial charge >= 0.3 is 0 Å². The monoisotopic (exact) mass is 510 g/mol. The molecule has 1 unspecified atom stereocenters. The van der Waals surface area contributed by atoms with E-state index in [-0.39, 0.29) is 17.6 Å². The first-order valence-corrected chi connectivity index (χ1v) is 12.7. The van der Waals surface area contributed by atoms with E-state index in [2.05, 4.69) is 21.7 Å². The predicted octanol–water partition coefficient (Wildman–Crippen LogP) is 5.62. The van der Waals surface area contributed by atoms with Crippen LogP contribution in [0.25, 0.3) is 0 Å². The number of ether oxygens (including phenoxy) is 1. The Morgan fingerprint density at radius 3 is 2.19 bits per heavy atom. The average Bonchev–Trinajstić information content (AvgIpc) is 2.92. The summed E-state index contributed by atoms with van der Waals surface area (Å²) in [6.07, 6.45) is 0. The zero-order valence-electron chi connectivity index (χ0n) is 20.5. The summed E-state index contributed by atoms with van der Waals surface area (Å²) in [5.41, 5.74) is 3.08. The van der Waals surface area contributed by atoms with Crippen molar-refractivity contribution < 1.29 is 14.3 Å². The SMILES string of the molecule is COc1ccc(NC(=O)C2C(C)=NC(SCC(=O)Nc3ccccc3)=C(C#N)[C@@H]2c2ccccc2)cc1. The van der Waals surface area contributed by atoms with Gasteiger partial charge < -0.3 is 15.4 Å². The number of nitrogens with one attached hydrogen (secondary N) is 2. The normalized spacial score (nSPS) is 16.8. The fourth-order valence-electron chi connectivity index (χ4n) is 4.17. The van der Waals surface area contributed by atoms with Crippen LogP contribution in [0.15, 0.2) is 101 Å². The number of amides is 2. The van der Waals surface area contributed by atoms with Gasteiger partial charge in [0.25, 0.3) is 0 Å². The minimum Gasteiger partial charge on any atom is -0.497 e. The van der Waals surface area contributed by atoms with E-state index in [1.165, 1.54) is 11.8 Å². The second-order valence-electron chi connectivity index (χ2n) is 8.37. The molecule has 1 aliphatic rings. The first-order chi connectivity index (χ1) is 18.0. The number of carbonyl (C=O) groups excluding carboxylic acids is 2. The molecule has 0 radical (unpaired) electrons. The van der Waals surface area contributed by atoms with E-state index in [4.69, 9.17) is 4.74 Å². The third kappa shape index (κ3) is 6.26. The van der Waals surface area contributed by atoms with Crippen molar-refractivity contribution in [2.45, 2.75) is 12.8 Å². The van der Waals surface area contributed by atoms with Gasteiger partial charge in [-0.15, -0.1) is 0 Å². The van der Waals surface area contributed by atoms with Gasteiger partial charge in [0, 0.05) is 23.0 Å². The van der Waals surface area contributed by atoms with Crippen LogP contribution in [0.4, 0.5) is 11.4 Å². The third-order valence-electron chi connectivity index (χ3n) is 5.92. The van der Waals surface area contributed by atoms with E-state index < -0.39 is 11.8 Å². The number of methoxy groups -OCH3 is 1. The molecule has 0 bridgehead atoms. The molecule has 2 atom stereocenters. The van der Waals surface area contributed by atoms with Crippen LogP contribution in [-0.2, 0) is 9.59 Å². The van der Waals surface area contributed by atoms with Crippen molar-refractivity contribution >= 4 is 40.7 Å². The van der Waals surface area contributed by atoms with Crippen molar-refractivity contribution in [3.05, 3.63) is 101 Å². The Balaban J connectivity index is 1.60. The second kappa shape index (κ2) is 12.1. The molecule has 0 fully saturated rings. The summed E-state index contributed by atoms with van der Waals surface area (Å²) in [5.74, 6) is -0.939. The van der Waals surface area contributed by atoms with E-state index in [0.29, 0.717) is 33.4 Å². The maximum Gasteiger partial charge on any atom is 0.234 e. The number of carbonyl (C=O) groups is 2. The highest BCUT2D eigenvalue weighted by atomic mass is 32.2. The molecule has 1 aliphatic heterocycles. The Bertz CT molecular complexity index is 1360. The zero-order chi connectivity index (χ0) is 26.2. The number of nitriles is 1. The molecule has 37 heavy (non-hydrogen) atoms. The van der Waals surface area contributed by atoms with Gasteiger partial charge in [-0.2, -0.15) is 5.26 Å². The first-order valence-electron chi connectivity index (χ1n) is 11.7. The van der Waals surface area contributed by atoms with Crippen molar-refractivity contribution in [2.75, 3.05) is 23.5 Å². The number of hydrogen-bond donors (Lipinski definition) is 2.